The van der Waals surface area contributed by atoms with E-state index in [2.05, 4.69) is 0 Å². The summed E-state index contributed by atoms with van der Waals surface area (Å²) in [5.41, 5.74) is -2.08. The van der Waals surface area contributed by atoms with E-state index < -0.39 is 28.1 Å². The summed E-state index contributed by atoms with van der Waals surface area (Å²) in [6, 6.07) is 1.92. The molecule has 0 heterocycles. The fourth-order valence-corrected chi connectivity index (χ4v) is 1.99. The van der Waals surface area contributed by atoms with Gasteiger partial charge in [-0.1, -0.05) is 18.2 Å². The van der Waals surface area contributed by atoms with Crippen LogP contribution in [-0.4, -0.2) is 10.7 Å². The maximum atomic E-state index is 12.6. The Morgan fingerprint density at radius 1 is 1.24 bits per heavy atom. The Bertz CT molecular complexity index is 660. The highest BCUT2D eigenvalue weighted by Gasteiger charge is 2.34. The van der Waals surface area contributed by atoms with Gasteiger partial charge in [-0.15, -0.1) is 0 Å². The normalized spacial score (nSPS) is 14.7. The summed E-state index contributed by atoms with van der Waals surface area (Å²) in [5.74, 6) is -0.647. The van der Waals surface area contributed by atoms with Gasteiger partial charge in [-0.3, -0.25) is 14.9 Å². The zero-order valence-electron chi connectivity index (χ0n) is 10.7. The molecule has 0 saturated heterocycles. The van der Waals surface area contributed by atoms with Crippen molar-refractivity contribution in [3.05, 3.63) is 63.2 Å². The van der Waals surface area contributed by atoms with Crippen molar-refractivity contribution in [2.45, 2.75) is 19.0 Å². The smallest absolute Gasteiger partial charge is 0.288 e. The highest BCUT2D eigenvalue weighted by Crippen LogP contribution is 2.34. The van der Waals surface area contributed by atoms with Crippen molar-refractivity contribution in [3.8, 4) is 0 Å². The molecule has 1 aromatic rings. The molecule has 0 spiro atoms. The van der Waals surface area contributed by atoms with E-state index in [-0.39, 0.29) is 11.1 Å². The number of nitro groups is 1. The Morgan fingerprint density at radius 2 is 1.95 bits per heavy atom. The standard InChI is InChI=1S/C14H10F3NO3/c15-14(16,17)10-6-7-11(12(8-10)18(20)21)13(19)9-4-2-1-3-5-9/h2,4-8H,1,3H2. The minimum atomic E-state index is -4.70. The molecule has 0 radical (unpaired) electrons. The third-order valence-electron chi connectivity index (χ3n) is 3.02. The molecule has 0 aromatic heterocycles. The van der Waals surface area contributed by atoms with Gasteiger partial charge >= 0.3 is 6.18 Å². The van der Waals surface area contributed by atoms with Crippen LogP contribution in [0.4, 0.5) is 18.9 Å². The number of rotatable bonds is 3. The maximum absolute atomic E-state index is 12.6. The lowest BCUT2D eigenvalue weighted by molar-refractivity contribution is -0.385. The molecule has 0 saturated carbocycles. The van der Waals surface area contributed by atoms with Gasteiger partial charge in [0.15, 0.2) is 5.78 Å². The monoisotopic (exact) mass is 297 g/mol. The number of nitro benzene ring substituents is 1. The molecule has 110 valence electrons. The second kappa shape index (κ2) is 5.51. The van der Waals surface area contributed by atoms with Crippen LogP contribution in [0.15, 0.2) is 42.0 Å². The zero-order valence-corrected chi connectivity index (χ0v) is 10.7. The van der Waals surface area contributed by atoms with Crippen LogP contribution in [0.1, 0.15) is 28.8 Å². The molecule has 0 unspecified atom stereocenters. The minimum absolute atomic E-state index is 0.254. The van der Waals surface area contributed by atoms with Crippen LogP contribution >= 0.6 is 0 Å². The highest BCUT2D eigenvalue weighted by atomic mass is 19.4. The van der Waals surface area contributed by atoms with Crippen LogP contribution in [0.2, 0.25) is 0 Å². The third kappa shape index (κ3) is 3.18. The van der Waals surface area contributed by atoms with Crippen LogP contribution in [0, 0.1) is 10.1 Å². The van der Waals surface area contributed by atoms with Gasteiger partial charge in [0.05, 0.1) is 10.5 Å². The topological polar surface area (TPSA) is 60.2 Å². The molecule has 0 N–H and O–H groups in total. The molecular formula is C14H10F3NO3. The van der Waals surface area contributed by atoms with E-state index in [1.54, 1.807) is 12.2 Å². The van der Waals surface area contributed by atoms with E-state index in [1.165, 1.54) is 6.08 Å². The Balaban J connectivity index is 2.49. The van der Waals surface area contributed by atoms with Gasteiger partial charge in [-0.25, -0.2) is 0 Å². The quantitative estimate of drug-likeness (QED) is 0.480. The molecular weight excluding hydrogens is 287 g/mol. The number of Topliss-reactive ketones (excluding diaryl/α,β-unsaturated/α-hetero) is 1. The van der Waals surface area contributed by atoms with E-state index in [1.807, 2.05) is 0 Å². The summed E-state index contributed by atoms with van der Waals surface area (Å²) in [5, 5.41) is 10.9. The van der Waals surface area contributed by atoms with E-state index in [9.17, 15) is 28.1 Å². The molecule has 0 aliphatic heterocycles. The lowest BCUT2D eigenvalue weighted by Crippen LogP contribution is -2.10. The second-order valence-electron chi connectivity index (χ2n) is 4.46. The minimum Gasteiger partial charge on any atom is -0.288 e. The predicted molar refractivity (Wildman–Crippen MR) is 68.9 cm³/mol. The first-order chi connectivity index (χ1) is 9.80. The number of benzene rings is 1. The van der Waals surface area contributed by atoms with Crippen molar-refractivity contribution in [1.82, 2.24) is 0 Å². The third-order valence-corrected chi connectivity index (χ3v) is 3.02. The van der Waals surface area contributed by atoms with Gasteiger partial charge in [-0.2, -0.15) is 13.2 Å². The summed E-state index contributed by atoms with van der Waals surface area (Å²) < 4.78 is 37.8. The highest BCUT2D eigenvalue weighted by molar-refractivity contribution is 6.13. The molecule has 0 bridgehead atoms. The Kier molecular flexibility index (Phi) is 3.93. The number of carbonyl (C=O) groups is 1. The first-order valence-electron chi connectivity index (χ1n) is 6.08. The van der Waals surface area contributed by atoms with Crippen molar-refractivity contribution < 1.29 is 22.9 Å². The predicted octanol–water partition coefficient (Wildman–Crippen LogP) is 4.07. The SMILES string of the molecule is O=C(C1=CCCC=C1)c1ccc(C(F)(F)F)cc1[N+](=O)[O-]. The van der Waals surface area contributed by atoms with Crippen LogP contribution in [-0.2, 0) is 6.18 Å². The van der Waals surface area contributed by atoms with Gasteiger partial charge in [0.2, 0.25) is 0 Å². The van der Waals surface area contributed by atoms with Gasteiger partial charge in [0.25, 0.3) is 5.69 Å². The Morgan fingerprint density at radius 3 is 2.48 bits per heavy atom. The molecule has 7 heteroatoms. The van der Waals surface area contributed by atoms with Crippen molar-refractivity contribution in [2.75, 3.05) is 0 Å². The van der Waals surface area contributed by atoms with E-state index in [4.69, 9.17) is 0 Å². The van der Waals surface area contributed by atoms with Gasteiger partial charge in [0.1, 0.15) is 5.56 Å². The number of hydrogen-bond acceptors (Lipinski definition) is 3. The van der Waals surface area contributed by atoms with E-state index in [0.29, 0.717) is 18.6 Å². The lowest BCUT2D eigenvalue weighted by atomic mass is 9.96. The van der Waals surface area contributed by atoms with Gasteiger partial charge in [-0.05, 0) is 25.0 Å². The van der Waals surface area contributed by atoms with Crippen LogP contribution < -0.4 is 0 Å². The maximum Gasteiger partial charge on any atom is 0.416 e. The number of halogens is 3. The number of hydrogen-bond donors (Lipinski definition) is 0. The van der Waals surface area contributed by atoms with Gasteiger partial charge < -0.3 is 0 Å². The summed E-state index contributed by atoms with van der Waals surface area (Å²) in [4.78, 5) is 22.1. The summed E-state index contributed by atoms with van der Waals surface area (Å²) in [7, 11) is 0. The van der Waals surface area contributed by atoms with Crippen molar-refractivity contribution in [1.29, 1.82) is 0 Å². The van der Waals surface area contributed by atoms with E-state index in [0.717, 1.165) is 12.5 Å². The van der Waals surface area contributed by atoms with E-state index >= 15 is 0 Å². The average Bonchev–Trinajstić information content (AvgIpc) is 2.45. The molecule has 4 nitrogen and oxygen atoms in total. The number of ketones is 1. The molecule has 1 aliphatic carbocycles. The van der Waals surface area contributed by atoms with Crippen LogP contribution in [0.25, 0.3) is 0 Å². The molecule has 1 aromatic carbocycles. The van der Waals surface area contributed by atoms with Gasteiger partial charge in [0, 0.05) is 11.6 Å². The first-order valence-corrected chi connectivity index (χ1v) is 6.08. The van der Waals surface area contributed by atoms with Crippen LogP contribution in [0.5, 0.6) is 0 Å². The molecule has 1 aliphatic rings. The number of allylic oxidation sites excluding steroid dienone is 4. The van der Waals surface area contributed by atoms with Crippen LogP contribution in [0.3, 0.4) is 0 Å². The molecule has 2 rings (SSSR count). The Hall–Kier alpha value is -2.44. The number of alkyl halides is 3. The largest absolute Gasteiger partial charge is 0.416 e. The average molecular weight is 297 g/mol. The Labute approximate surface area is 117 Å². The second-order valence-corrected chi connectivity index (χ2v) is 4.46. The lowest BCUT2D eigenvalue weighted by Gasteiger charge is -2.10. The summed E-state index contributed by atoms with van der Waals surface area (Å²) >= 11 is 0. The first kappa shape index (κ1) is 15.0. The van der Waals surface area contributed by atoms with Crippen molar-refractivity contribution >= 4 is 11.5 Å². The molecule has 21 heavy (non-hydrogen) atoms. The fraction of sp³-hybridized carbons (Fsp3) is 0.214. The molecule has 0 fully saturated rings. The molecule has 0 amide bonds. The number of nitrogens with zero attached hydrogens (tertiary/aromatic N) is 1. The fourth-order valence-electron chi connectivity index (χ4n) is 1.99. The van der Waals surface area contributed by atoms with Crippen molar-refractivity contribution in [3.63, 3.8) is 0 Å². The summed E-state index contributed by atoms with van der Waals surface area (Å²) in [6.45, 7) is 0. The van der Waals surface area contributed by atoms with Crippen molar-refractivity contribution in [2.24, 2.45) is 0 Å². The summed E-state index contributed by atoms with van der Waals surface area (Å²) in [6.07, 6.45) is 1.55. The number of carbonyl (C=O) groups excluding carboxylic acids is 1. The molecule has 0 atom stereocenters. The zero-order chi connectivity index (χ0) is 15.6.